The molecule has 0 spiro atoms. The summed E-state index contributed by atoms with van der Waals surface area (Å²) in [5.41, 5.74) is 9.10. The van der Waals surface area contributed by atoms with Crippen molar-refractivity contribution >= 4 is 0 Å². The fourth-order valence-electron chi connectivity index (χ4n) is 2.24. The van der Waals surface area contributed by atoms with Crippen LogP contribution in [0.2, 0.25) is 0 Å². The Hall–Kier alpha value is -1.87. The number of aryl methyl sites for hydroxylation is 1. The van der Waals surface area contributed by atoms with Gasteiger partial charge in [0.1, 0.15) is 18.2 Å². The van der Waals surface area contributed by atoms with Gasteiger partial charge in [-0.1, -0.05) is 36.8 Å². The van der Waals surface area contributed by atoms with Gasteiger partial charge in [-0.05, 0) is 49.1 Å². The highest BCUT2D eigenvalue weighted by Crippen LogP contribution is 2.23. The topological polar surface area (TPSA) is 35.2 Å². The molecule has 0 aromatic heterocycles. The first-order chi connectivity index (χ1) is 10.1. The average Bonchev–Trinajstić information content (AvgIpc) is 2.46. The molecule has 0 radical (unpaired) electrons. The van der Waals surface area contributed by atoms with Gasteiger partial charge in [0.25, 0.3) is 0 Å². The first-order valence-corrected chi connectivity index (χ1v) is 7.31. The highest BCUT2D eigenvalue weighted by molar-refractivity contribution is 5.35. The van der Waals surface area contributed by atoms with Gasteiger partial charge in [0.2, 0.25) is 0 Å². The van der Waals surface area contributed by atoms with E-state index in [-0.39, 0.29) is 11.9 Å². The van der Waals surface area contributed by atoms with Crippen LogP contribution in [-0.2, 0) is 13.0 Å². The predicted molar refractivity (Wildman–Crippen MR) is 83.9 cm³/mol. The highest BCUT2D eigenvalue weighted by Gasteiger charge is 2.09. The van der Waals surface area contributed by atoms with Crippen molar-refractivity contribution in [2.75, 3.05) is 0 Å². The van der Waals surface area contributed by atoms with Crippen molar-refractivity contribution in [2.24, 2.45) is 5.73 Å². The number of rotatable bonds is 6. The van der Waals surface area contributed by atoms with E-state index in [1.54, 1.807) is 6.07 Å². The van der Waals surface area contributed by atoms with Crippen LogP contribution in [0.3, 0.4) is 0 Å². The minimum atomic E-state index is -0.254. The van der Waals surface area contributed by atoms with Crippen LogP contribution < -0.4 is 10.5 Å². The van der Waals surface area contributed by atoms with E-state index in [0.717, 1.165) is 17.5 Å². The molecule has 0 aliphatic carbocycles. The molecule has 1 unspecified atom stereocenters. The Bertz CT molecular complexity index is 598. The number of ether oxygens (including phenoxy) is 1. The predicted octanol–water partition coefficient (Wildman–Crippen LogP) is 3.99. The molecule has 2 N–H and O–H groups in total. The van der Waals surface area contributed by atoms with Crippen LogP contribution in [0.4, 0.5) is 4.39 Å². The summed E-state index contributed by atoms with van der Waals surface area (Å²) in [5.74, 6) is 0.456. The standard InChI is InChI=1S/C18H22FNO/c1-3-17(20)11-15-10-16(19)7-8-18(15)21-12-14-6-4-5-13(2)9-14/h4-10,17H,3,11-12,20H2,1-2H3. The normalized spacial score (nSPS) is 12.2. The summed E-state index contributed by atoms with van der Waals surface area (Å²) in [6.07, 6.45) is 1.48. The van der Waals surface area contributed by atoms with E-state index in [1.165, 1.54) is 17.7 Å². The fourth-order valence-corrected chi connectivity index (χ4v) is 2.24. The third-order valence-corrected chi connectivity index (χ3v) is 3.51. The van der Waals surface area contributed by atoms with Crippen LogP contribution in [0.15, 0.2) is 42.5 Å². The lowest BCUT2D eigenvalue weighted by molar-refractivity contribution is 0.301. The lowest BCUT2D eigenvalue weighted by Gasteiger charge is -2.15. The van der Waals surface area contributed by atoms with Crippen molar-refractivity contribution in [1.29, 1.82) is 0 Å². The quantitative estimate of drug-likeness (QED) is 0.871. The summed E-state index contributed by atoms with van der Waals surface area (Å²) >= 11 is 0. The summed E-state index contributed by atoms with van der Waals surface area (Å²) in [6.45, 7) is 4.55. The van der Waals surface area contributed by atoms with Crippen LogP contribution in [0.1, 0.15) is 30.0 Å². The van der Waals surface area contributed by atoms with Crippen LogP contribution in [0.5, 0.6) is 5.75 Å². The van der Waals surface area contributed by atoms with Gasteiger partial charge in [0.15, 0.2) is 0 Å². The van der Waals surface area contributed by atoms with Gasteiger partial charge in [-0.3, -0.25) is 0 Å². The zero-order valence-corrected chi connectivity index (χ0v) is 12.6. The first-order valence-electron chi connectivity index (χ1n) is 7.31. The molecule has 0 heterocycles. The molecule has 112 valence electrons. The second-order valence-corrected chi connectivity index (χ2v) is 5.40. The molecule has 0 saturated carbocycles. The number of nitrogens with two attached hydrogens (primary N) is 1. The number of benzene rings is 2. The first kappa shape index (κ1) is 15.5. The van der Waals surface area contributed by atoms with Gasteiger partial charge in [-0.2, -0.15) is 0 Å². The molecule has 0 aliphatic rings. The molecule has 2 aromatic carbocycles. The monoisotopic (exact) mass is 287 g/mol. The Kier molecular flexibility index (Phi) is 5.34. The lowest BCUT2D eigenvalue weighted by atomic mass is 10.0. The smallest absolute Gasteiger partial charge is 0.123 e. The Labute approximate surface area is 125 Å². The van der Waals surface area contributed by atoms with E-state index in [1.807, 2.05) is 32.0 Å². The molecule has 2 aromatic rings. The van der Waals surface area contributed by atoms with Crippen LogP contribution in [0.25, 0.3) is 0 Å². The minimum Gasteiger partial charge on any atom is -0.489 e. The molecule has 1 atom stereocenters. The molecular weight excluding hydrogens is 265 g/mol. The molecule has 0 aliphatic heterocycles. The van der Waals surface area contributed by atoms with E-state index < -0.39 is 0 Å². The highest BCUT2D eigenvalue weighted by atomic mass is 19.1. The number of halogens is 1. The maximum Gasteiger partial charge on any atom is 0.123 e. The second-order valence-electron chi connectivity index (χ2n) is 5.40. The van der Waals surface area contributed by atoms with Crippen molar-refractivity contribution in [3.8, 4) is 5.75 Å². The van der Waals surface area contributed by atoms with E-state index in [0.29, 0.717) is 18.8 Å². The fraction of sp³-hybridized carbons (Fsp3) is 0.333. The van der Waals surface area contributed by atoms with Crippen molar-refractivity contribution in [3.63, 3.8) is 0 Å². The summed E-state index contributed by atoms with van der Waals surface area (Å²) in [5, 5.41) is 0. The van der Waals surface area contributed by atoms with Crippen LogP contribution in [0, 0.1) is 12.7 Å². The van der Waals surface area contributed by atoms with Gasteiger partial charge >= 0.3 is 0 Å². The minimum absolute atomic E-state index is 0.0214. The van der Waals surface area contributed by atoms with Crippen molar-refractivity contribution < 1.29 is 9.13 Å². The zero-order valence-electron chi connectivity index (χ0n) is 12.6. The maximum atomic E-state index is 13.4. The lowest BCUT2D eigenvalue weighted by Crippen LogP contribution is -2.21. The SMILES string of the molecule is CCC(N)Cc1cc(F)ccc1OCc1cccc(C)c1. The largest absolute Gasteiger partial charge is 0.489 e. The molecule has 0 fully saturated rings. The molecule has 21 heavy (non-hydrogen) atoms. The third-order valence-electron chi connectivity index (χ3n) is 3.51. The Morgan fingerprint density at radius 1 is 1.19 bits per heavy atom. The van der Waals surface area contributed by atoms with Gasteiger partial charge in [0.05, 0.1) is 0 Å². The Balaban J connectivity index is 2.11. The molecule has 0 bridgehead atoms. The summed E-state index contributed by atoms with van der Waals surface area (Å²) in [7, 11) is 0. The molecule has 3 heteroatoms. The molecule has 2 nitrogen and oxygen atoms in total. The molecule has 0 saturated heterocycles. The van der Waals surface area contributed by atoms with Gasteiger partial charge in [0, 0.05) is 6.04 Å². The van der Waals surface area contributed by atoms with Gasteiger partial charge in [-0.25, -0.2) is 4.39 Å². The second kappa shape index (κ2) is 7.23. The summed E-state index contributed by atoms with van der Waals surface area (Å²) in [6, 6.07) is 12.8. The van der Waals surface area contributed by atoms with Gasteiger partial charge < -0.3 is 10.5 Å². The van der Waals surface area contributed by atoms with E-state index in [9.17, 15) is 4.39 Å². The van der Waals surface area contributed by atoms with Crippen LogP contribution in [-0.4, -0.2) is 6.04 Å². The molecular formula is C18H22FNO. The van der Waals surface area contributed by atoms with Crippen LogP contribution >= 0.6 is 0 Å². The van der Waals surface area contributed by atoms with Crippen molar-refractivity contribution in [2.45, 2.75) is 39.3 Å². The van der Waals surface area contributed by atoms with E-state index in [4.69, 9.17) is 10.5 Å². The van der Waals surface area contributed by atoms with Crippen molar-refractivity contribution in [1.82, 2.24) is 0 Å². The zero-order chi connectivity index (χ0) is 15.2. The maximum absolute atomic E-state index is 13.4. The third kappa shape index (κ3) is 4.57. The van der Waals surface area contributed by atoms with E-state index >= 15 is 0 Å². The Morgan fingerprint density at radius 2 is 2.00 bits per heavy atom. The van der Waals surface area contributed by atoms with Crippen molar-refractivity contribution in [3.05, 3.63) is 65.0 Å². The average molecular weight is 287 g/mol. The van der Waals surface area contributed by atoms with Gasteiger partial charge in [-0.15, -0.1) is 0 Å². The molecule has 0 amide bonds. The summed E-state index contributed by atoms with van der Waals surface area (Å²) in [4.78, 5) is 0. The molecule has 2 rings (SSSR count). The number of hydrogen-bond acceptors (Lipinski definition) is 2. The summed E-state index contributed by atoms with van der Waals surface area (Å²) < 4.78 is 19.3. The number of hydrogen-bond donors (Lipinski definition) is 1. The van der Waals surface area contributed by atoms with E-state index in [2.05, 4.69) is 6.07 Å². The Morgan fingerprint density at radius 3 is 2.71 bits per heavy atom.